The van der Waals surface area contributed by atoms with Gasteiger partial charge in [-0.25, -0.2) is 0 Å². The molecule has 0 saturated heterocycles. The largest absolute Gasteiger partial charge is 0.456 e. The summed E-state index contributed by atoms with van der Waals surface area (Å²) in [5.41, 5.74) is 6.66. The zero-order valence-corrected chi connectivity index (χ0v) is 11.2. The molecule has 1 fully saturated rings. The number of nitrogens with one attached hydrogen (secondary N) is 1. The van der Waals surface area contributed by atoms with E-state index in [9.17, 15) is 4.79 Å². The van der Waals surface area contributed by atoms with Gasteiger partial charge in [0.1, 0.15) is 5.76 Å². The lowest BCUT2D eigenvalue weighted by molar-refractivity contribution is 0.0877. The highest BCUT2D eigenvalue weighted by Gasteiger charge is 2.27. The van der Waals surface area contributed by atoms with Crippen molar-refractivity contribution in [3.8, 4) is 0 Å². The number of hydrogen-bond donors (Lipinski definition) is 2. The molecule has 3 N–H and O–H groups in total. The van der Waals surface area contributed by atoms with Gasteiger partial charge in [-0.1, -0.05) is 12.8 Å². The van der Waals surface area contributed by atoms with E-state index >= 15 is 0 Å². The van der Waals surface area contributed by atoms with Crippen LogP contribution >= 0.6 is 0 Å². The molecule has 0 radical (unpaired) electrons. The zero-order valence-electron chi connectivity index (χ0n) is 11.2. The van der Waals surface area contributed by atoms with Crippen molar-refractivity contribution >= 4 is 5.91 Å². The minimum Gasteiger partial charge on any atom is -0.456 e. The van der Waals surface area contributed by atoms with Crippen molar-refractivity contribution in [2.45, 2.75) is 45.6 Å². The lowest BCUT2D eigenvalue weighted by Crippen LogP contribution is -2.44. The summed E-state index contributed by atoms with van der Waals surface area (Å²) >= 11 is 0. The van der Waals surface area contributed by atoms with Gasteiger partial charge in [-0.15, -0.1) is 0 Å². The van der Waals surface area contributed by atoms with Crippen molar-refractivity contribution in [3.05, 3.63) is 23.2 Å². The van der Waals surface area contributed by atoms with Gasteiger partial charge in [0.05, 0.1) is 0 Å². The van der Waals surface area contributed by atoms with Crippen LogP contribution < -0.4 is 11.1 Å². The predicted octanol–water partition coefficient (Wildman–Crippen LogP) is 2.14. The molecule has 0 aliphatic heterocycles. The summed E-state index contributed by atoms with van der Waals surface area (Å²) in [5.74, 6) is 1.51. The van der Waals surface area contributed by atoms with Crippen LogP contribution in [0.25, 0.3) is 0 Å². The molecule has 2 unspecified atom stereocenters. The fraction of sp³-hybridized carbons (Fsp3) is 0.643. The molecule has 18 heavy (non-hydrogen) atoms. The minimum atomic E-state index is -0.106. The van der Waals surface area contributed by atoms with Gasteiger partial charge in [0.25, 0.3) is 5.91 Å². The summed E-state index contributed by atoms with van der Waals surface area (Å²) in [5, 5.41) is 3.08. The van der Waals surface area contributed by atoms with Gasteiger partial charge in [0.2, 0.25) is 0 Å². The van der Waals surface area contributed by atoms with E-state index in [-0.39, 0.29) is 11.9 Å². The summed E-state index contributed by atoms with van der Waals surface area (Å²) in [6, 6.07) is 2.08. The Morgan fingerprint density at radius 3 is 2.78 bits per heavy atom. The lowest BCUT2D eigenvalue weighted by Gasteiger charge is -2.31. The van der Waals surface area contributed by atoms with E-state index in [0.717, 1.165) is 30.6 Å². The average Bonchev–Trinajstić information content (AvgIpc) is 2.69. The Kier molecular flexibility index (Phi) is 4.07. The van der Waals surface area contributed by atoms with E-state index in [2.05, 4.69) is 5.32 Å². The fourth-order valence-electron chi connectivity index (χ4n) is 2.78. The van der Waals surface area contributed by atoms with Crippen molar-refractivity contribution in [1.82, 2.24) is 5.32 Å². The van der Waals surface area contributed by atoms with Gasteiger partial charge in [-0.05, 0) is 45.2 Å². The lowest BCUT2D eigenvalue weighted by atomic mass is 9.84. The average molecular weight is 250 g/mol. The Balaban J connectivity index is 2.04. The number of nitrogens with two attached hydrogens (primary N) is 1. The van der Waals surface area contributed by atoms with Gasteiger partial charge >= 0.3 is 0 Å². The van der Waals surface area contributed by atoms with Gasteiger partial charge < -0.3 is 15.5 Å². The first kappa shape index (κ1) is 13.1. The molecule has 1 aromatic heterocycles. The summed E-state index contributed by atoms with van der Waals surface area (Å²) in [4.78, 5) is 12.2. The number of amides is 1. The van der Waals surface area contributed by atoms with Gasteiger partial charge in [0, 0.05) is 11.6 Å². The first-order valence-corrected chi connectivity index (χ1v) is 6.69. The van der Waals surface area contributed by atoms with E-state index in [1.165, 1.54) is 6.42 Å². The van der Waals surface area contributed by atoms with Gasteiger partial charge in [0.15, 0.2) is 5.76 Å². The van der Waals surface area contributed by atoms with Crippen LogP contribution in [0.3, 0.4) is 0 Å². The van der Waals surface area contributed by atoms with E-state index in [0.29, 0.717) is 18.2 Å². The van der Waals surface area contributed by atoms with Crippen molar-refractivity contribution in [3.63, 3.8) is 0 Å². The van der Waals surface area contributed by atoms with Crippen LogP contribution in [0, 0.1) is 19.8 Å². The maximum absolute atomic E-state index is 12.2. The number of carbonyl (C=O) groups excluding carboxylic acids is 1. The summed E-state index contributed by atoms with van der Waals surface area (Å²) in [6.07, 6.45) is 4.51. The maximum Gasteiger partial charge on any atom is 0.287 e. The zero-order chi connectivity index (χ0) is 13.1. The number of furan rings is 1. The molecule has 4 nitrogen and oxygen atoms in total. The molecular weight excluding hydrogens is 228 g/mol. The highest BCUT2D eigenvalue weighted by Crippen LogP contribution is 2.24. The van der Waals surface area contributed by atoms with Crippen LogP contribution in [0.5, 0.6) is 0 Å². The summed E-state index contributed by atoms with van der Waals surface area (Å²) in [6.45, 7) is 4.39. The number of aryl methyl sites for hydroxylation is 2. The fourth-order valence-corrected chi connectivity index (χ4v) is 2.78. The molecule has 2 rings (SSSR count). The van der Waals surface area contributed by atoms with Crippen LogP contribution in [0.4, 0.5) is 0 Å². The summed E-state index contributed by atoms with van der Waals surface area (Å²) in [7, 11) is 0. The normalized spacial score (nSPS) is 23.9. The Morgan fingerprint density at radius 2 is 2.17 bits per heavy atom. The molecule has 1 saturated carbocycles. The van der Waals surface area contributed by atoms with Crippen molar-refractivity contribution in [2.75, 3.05) is 6.54 Å². The highest BCUT2D eigenvalue weighted by atomic mass is 16.3. The van der Waals surface area contributed by atoms with Gasteiger partial charge in [-0.2, -0.15) is 0 Å². The van der Waals surface area contributed by atoms with Crippen LogP contribution in [-0.2, 0) is 0 Å². The first-order valence-electron chi connectivity index (χ1n) is 6.69. The molecule has 100 valence electrons. The Bertz CT molecular complexity index is 425. The molecular formula is C14H22N2O2. The maximum atomic E-state index is 12.2. The third kappa shape index (κ3) is 2.75. The molecule has 1 heterocycles. The van der Waals surface area contributed by atoms with Crippen LogP contribution in [0.15, 0.2) is 10.5 Å². The van der Waals surface area contributed by atoms with Crippen LogP contribution in [0.2, 0.25) is 0 Å². The first-order chi connectivity index (χ1) is 8.61. The number of rotatable bonds is 3. The molecule has 4 heteroatoms. The van der Waals surface area contributed by atoms with Crippen LogP contribution in [0.1, 0.15) is 47.6 Å². The van der Waals surface area contributed by atoms with Gasteiger partial charge in [-0.3, -0.25) is 4.79 Å². The third-order valence-electron chi connectivity index (χ3n) is 3.78. The summed E-state index contributed by atoms with van der Waals surface area (Å²) < 4.78 is 5.44. The standard InChI is InChI=1S/C14H22N2O2/c1-9-7-10(2)18-13(9)14(17)16-12-6-4-3-5-11(12)8-15/h7,11-12H,3-6,8,15H2,1-2H3,(H,16,17). The predicted molar refractivity (Wildman–Crippen MR) is 70.4 cm³/mol. The monoisotopic (exact) mass is 250 g/mol. The van der Waals surface area contributed by atoms with E-state index in [1.807, 2.05) is 19.9 Å². The van der Waals surface area contributed by atoms with Crippen LogP contribution in [-0.4, -0.2) is 18.5 Å². The van der Waals surface area contributed by atoms with Crippen molar-refractivity contribution < 1.29 is 9.21 Å². The molecule has 1 aromatic rings. The molecule has 1 aliphatic rings. The minimum absolute atomic E-state index is 0.106. The third-order valence-corrected chi connectivity index (χ3v) is 3.78. The smallest absolute Gasteiger partial charge is 0.287 e. The molecule has 2 atom stereocenters. The molecule has 1 aliphatic carbocycles. The Morgan fingerprint density at radius 1 is 1.44 bits per heavy atom. The van der Waals surface area contributed by atoms with E-state index < -0.39 is 0 Å². The topological polar surface area (TPSA) is 68.3 Å². The molecule has 0 spiro atoms. The number of carbonyl (C=O) groups is 1. The second kappa shape index (κ2) is 5.57. The highest BCUT2D eigenvalue weighted by molar-refractivity contribution is 5.93. The van der Waals surface area contributed by atoms with Crippen molar-refractivity contribution in [2.24, 2.45) is 11.7 Å². The van der Waals surface area contributed by atoms with E-state index in [4.69, 9.17) is 10.2 Å². The Labute approximate surface area is 108 Å². The number of hydrogen-bond acceptors (Lipinski definition) is 3. The van der Waals surface area contributed by atoms with Crippen molar-refractivity contribution in [1.29, 1.82) is 0 Å². The molecule has 0 bridgehead atoms. The molecule has 1 amide bonds. The molecule has 0 aromatic carbocycles. The quantitative estimate of drug-likeness (QED) is 0.863. The second-order valence-electron chi connectivity index (χ2n) is 5.23. The second-order valence-corrected chi connectivity index (χ2v) is 5.23. The van der Waals surface area contributed by atoms with E-state index in [1.54, 1.807) is 0 Å². The SMILES string of the molecule is Cc1cc(C)c(C(=O)NC2CCCCC2CN)o1. The Hall–Kier alpha value is -1.29.